The van der Waals surface area contributed by atoms with Gasteiger partial charge in [0.05, 0.1) is 0 Å². The number of Topliss-reactive ketones (excluding diaryl/α,β-unsaturated/α-hetero) is 1. The smallest absolute Gasteiger partial charge is 0.328 e. The van der Waals surface area contributed by atoms with Crippen LogP contribution in [-0.4, -0.2) is 33.7 Å². The summed E-state index contributed by atoms with van der Waals surface area (Å²) >= 11 is 0. The van der Waals surface area contributed by atoms with Crippen molar-refractivity contribution in [3.05, 3.63) is 47.6 Å². The van der Waals surface area contributed by atoms with E-state index in [2.05, 4.69) is 26.0 Å². The van der Waals surface area contributed by atoms with Gasteiger partial charge in [0.2, 0.25) is 0 Å². The first-order valence-corrected chi connectivity index (χ1v) is 10.8. The summed E-state index contributed by atoms with van der Waals surface area (Å²) in [7, 11) is 0. The first kappa shape index (κ1) is 22.9. The second-order valence-corrected chi connectivity index (χ2v) is 9.48. The van der Waals surface area contributed by atoms with Gasteiger partial charge in [-0.1, -0.05) is 30.2 Å². The Morgan fingerprint density at radius 3 is 2.29 bits per heavy atom. The monoisotopic (exact) mass is 426 g/mol. The van der Waals surface area contributed by atoms with Crippen molar-refractivity contribution in [3.8, 4) is 0 Å². The van der Waals surface area contributed by atoms with Gasteiger partial charge in [0.15, 0.2) is 5.78 Å². The number of ketones is 2. The number of rotatable bonds is 3. The van der Waals surface area contributed by atoms with Gasteiger partial charge in [-0.3, -0.25) is 9.59 Å². The number of hydrogen-bond acceptors (Lipinski definition) is 4. The first-order valence-electron chi connectivity index (χ1n) is 10.8. The van der Waals surface area contributed by atoms with E-state index in [1.165, 1.54) is 17.6 Å². The SMILES string of the molecule is CC(=O)[C@H]1CC[C@H]2[C@@H]3CCC4=CC(=O)C=C[C@]4(C)C3=CC[C@]12C.O=C(O)/C=C/C(=O)O. The molecule has 0 radical (unpaired) electrons. The van der Waals surface area contributed by atoms with Crippen molar-refractivity contribution in [2.75, 3.05) is 0 Å². The van der Waals surface area contributed by atoms with Crippen LogP contribution in [0.2, 0.25) is 0 Å². The molecule has 2 fully saturated rings. The number of carbonyl (C=O) groups excluding carboxylic acids is 2. The molecule has 4 aliphatic carbocycles. The molecule has 0 aromatic rings. The maximum Gasteiger partial charge on any atom is 0.328 e. The molecule has 0 unspecified atom stereocenters. The molecule has 4 aliphatic rings. The Hall–Kier alpha value is -2.76. The Balaban J connectivity index is 0.000000293. The summed E-state index contributed by atoms with van der Waals surface area (Å²) in [6.45, 7) is 6.40. The van der Waals surface area contributed by atoms with Crippen molar-refractivity contribution in [2.45, 2.75) is 52.9 Å². The predicted molar refractivity (Wildman–Crippen MR) is 115 cm³/mol. The third-order valence-corrected chi connectivity index (χ3v) is 7.80. The molecule has 6 nitrogen and oxygen atoms in total. The van der Waals surface area contributed by atoms with Gasteiger partial charge in [-0.15, -0.1) is 0 Å². The minimum absolute atomic E-state index is 0.0630. The number of hydrogen-bond donors (Lipinski definition) is 2. The highest BCUT2D eigenvalue weighted by Crippen LogP contribution is 2.63. The fourth-order valence-corrected chi connectivity index (χ4v) is 6.33. The molecule has 0 aliphatic heterocycles. The van der Waals surface area contributed by atoms with Crippen LogP contribution in [0.25, 0.3) is 0 Å². The van der Waals surface area contributed by atoms with Crippen molar-refractivity contribution in [1.29, 1.82) is 0 Å². The van der Waals surface area contributed by atoms with Crippen LogP contribution in [0.3, 0.4) is 0 Å². The lowest BCUT2D eigenvalue weighted by atomic mass is 9.52. The second kappa shape index (κ2) is 8.40. The van der Waals surface area contributed by atoms with E-state index in [0.717, 1.165) is 25.7 Å². The molecule has 0 spiro atoms. The molecule has 4 rings (SSSR count). The number of carboxylic acids is 2. The van der Waals surface area contributed by atoms with Gasteiger partial charge in [-0.05, 0) is 75.4 Å². The topological polar surface area (TPSA) is 109 Å². The normalized spacial score (nSPS) is 35.7. The highest BCUT2D eigenvalue weighted by atomic mass is 16.4. The van der Waals surface area contributed by atoms with Crippen LogP contribution < -0.4 is 0 Å². The van der Waals surface area contributed by atoms with E-state index in [9.17, 15) is 19.2 Å². The molecule has 0 aromatic heterocycles. The Morgan fingerprint density at radius 1 is 1.06 bits per heavy atom. The summed E-state index contributed by atoms with van der Waals surface area (Å²) in [6.07, 6.45) is 14.7. The first-order chi connectivity index (χ1) is 14.5. The van der Waals surface area contributed by atoms with Gasteiger partial charge in [0.25, 0.3) is 0 Å². The Kier molecular flexibility index (Phi) is 6.21. The van der Waals surface area contributed by atoms with Crippen LogP contribution in [0.5, 0.6) is 0 Å². The third kappa shape index (κ3) is 4.21. The van der Waals surface area contributed by atoms with Gasteiger partial charge >= 0.3 is 11.9 Å². The van der Waals surface area contributed by atoms with Crippen LogP contribution >= 0.6 is 0 Å². The summed E-state index contributed by atoms with van der Waals surface area (Å²) < 4.78 is 0. The summed E-state index contributed by atoms with van der Waals surface area (Å²) in [6, 6.07) is 0. The Morgan fingerprint density at radius 2 is 1.71 bits per heavy atom. The van der Waals surface area contributed by atoms with Crippen LogP contribution in [-0.2, 0) is 19.2 Å². The van der Waals surface area contributed by atoms with Crippen LogP contribution in [0, 0.1) is 28.6 Å². The molecule has 2 N–H and O–H groups in total. The van der Waals surface area contributed by atoms with Gasteiger partial charge in [0, 0.05) is 23.5 Å². The number of aliphatic carboxylic acids is 2. The number of fused-ring (bicyclic) bond motifs is 5. The van der Waals surface area contributed by atoms with E-state index in [1.807, 2.05) is 6.08 Å². The van der Waals surface area contributed by atoms with Crippen LogP contribution in [0.15, 0.2) is 47.6 Å². The highest BCUT2D eigenvalue weighted by Gasteiger charge is 2.56. The molecule has 0 aromatic carbocycles. The molecular formula is C25H30O6. The molecule has 0 heterocycles. The highest BCUT2D eigenvalue weighted by molar-refractivity contribution is 6.01. The van der Waals surface area contributed by atoms with Crippen molar-refractivity contribution in [3.63, 3.8) is 0 Å². The molecule has 0 amide bonds. The maximum absolute atomic E-state index is 12.1. The third-order valence-electron chi connectivity index (χ3n) is 7.80. The zero-order chi connectivity index (χ0) is 23.0. The van der Waals surface area contributed by atoms with Gasteiger partial charge in [0.1, 0.15) is 5.78 Å². The fourth-order valence-electron chi connectivity index (χ4n) is 6.33. The zero-order valence-electron chi connectivity index (χ0n) is 18.3. The molecule has 2 saturated carbocycles. The average molecular weight is 427 g/mol. The summed E-state index contributed by atoms with van der Waals surface area (Å²) in [5.74, 6) is -0.565. The van der Waals surface area contributed by atoms with E-state index < -0.39 is 11.9 Å². The molecule has 0 bridgehead atoms. The lowest BCUT2D eigenvalue weighted by Crippen LogP contribution is -2.44. The Bertz CT molecular complexity index is 920. The molecule has 5 atom stereocenters. The van der Waals surface area contributed by atoms with Crippen molar-refractivity contribution < 1.29 is 29.4 Å². The summed E-state index contributed by atoms with van der Waals surface area (Å²) in [5, 5.41) is 15.6. The maximum atomic E-state index is 12.1. The quantitative estimate of drug-likeness (QED) is 0.519. The van der Waals surface area contributed by atoms with E-state index in [-0.39, 0.29) is 22.5 Å². The largest absolute Gasteiger partial charge is 0.478 e. The molecular weight excluding hydrogens is 396 g/mol. The summed E-state index contributed by atoms with van der Waals surface area (Å²) in [4.78, 5) is 43.0. The predicted octanol–water partition coefficient (Wildman–Crippen LogP) is 4.13. The van der Waals surface area contributed by atoms with E-state index >= 15 is 0 Å². The zero-order valence-corrected chi connectivity index (χ0v) is 18.3. The van der Waals surface area contributed by atoms with Crippen LogP contribution in [0.1, 0.15) is 52.9 Å². The second-order valence-electron chi connectivity index (χ2n) is 9.48. The molecule has 6 heteroatoms. The fraction of sp³-hybridized carbons (Fsp3) is 0.520. The molecule has 0 saturated heterocycles. The minimum atomic E-state index is -1.26. The molecule has 166 valence electrons. The average Bonchev–Trinajstić information content (AvgIpc) is 3.05. The van der Waals surface area contributed by atoms with Crippen molar-refractivity contribution in [2.24, 2.45) is 28.6 Å². The lowest BCUT2D eigenvalue weighted by molar-refractivity contribution is -0.134. The number of carbonyl (C=O) groups is 4. The lowest BCUT2D eigenvalue weighted by Gasteiger charge is -2.52. The van der Waals surface area contributed by atoms with E-state index in [4.69, 9.17) is 10.2 Å². The standard InChI is InChI=1S/C21H26O2.C4H4O4/c1-13(22)17-6-7-18-16-5-4-14-12-15(23)8-10-20(14,2)19(16)9-11-21(17,18)3;5-3(6)1-2-4(7)8/h8-10,12,16-18H,4-7,11H2,1-3H3;1-2H,(H,5,6)(H,7,8)/b;2-1+/t16-,17+,18-,20-,21+;/m0./s1. The minimum Gasteiger partial charge on any atom is -0.478 e. The van der Waals surface area contributed by atoms with Gasteiger partial charge in [-0.2, -0.15) is 0 Å². The van der Waals surface area contributed by atoms with Crippen LogP contribution in [0.4, 0.5) is 0 Å². The Labute approximate surface area is 182 Å². The van der Waals surface area contributed by atoms with Crippen molar-refractivity contribution in [1.82, 2.24) is 0 Å². The van der Waals surface area contributed by atoms with E-state index in [0.29, 0.717) is 29.8 Å². The van der Waals surface area contributed by atoms with E-state index in [1.54, 1.807) is 13.0 Å². The van der Waals surface area contributed by atoms with Crippen molar-refractivity contribution >= 4 is 23.5 Å². The number of carboxylic acid groups (broad SMARTS) is 2. The number of allylic oxidation sites excluding steroid dienone is 6. The summed E-state index contributed by atoms with van der Waals surface area (Å²) in [5.41, 5.74) is 2.89. The van der Waals surface area contributed by atoms with Gasteiger partial charge < -0.3 is 10.2 Å². The van der Waals surface area contributed by atoms with Gasteiger partial charge in [-0.25, -0.2) is 9.59 Å². The molecule has 31 heavy (non-hydrogen) atoms.